The number of hydrazone groups is 1. The molecule has 2 amide bonds. The average molecular weight is 325 g/mol. The van der Waals surface area contributed by atoms with Gasteiger partial charge in [0.2, 0.25) is 0 Å². The molecule has 0 spiro atoms. The Balaban J connectivity index is 1.85. The number of aromatic hydroxyl groups is 1. The van der Waals surface area contributed by atoms with Crippen LogP contribution in [0.15, 0.2) is 23.3 Å². The summed E-state index contributed by atoms with van der Waals surface area (Å²) in [6.45, 7) is -0.325. The Morgan fingerprint density at radius 1 is 1.57 bits per heavy atom. The van der Waals surface area contributed by atoms with Gasteiger partial charge in [-0.05, 0) is 12.1 Å². The number of carbonyl (C=O) groups excluding carboxylic acids is 1. The molecule has 3 atom stereocenters. The summed E-state index contributed by atoms with van der Waals surface area (Å²) in [4.78, 5) is 11.7. The van der Waals surface area contributed by atoms with Crippen molar-refractivity contribution in [1.82, 2.24) is 10.7 Å². The van der Waals surface area contributed by atoms with Crippen molar-refractivity contribution in [3.8, 4) is 11.5 Å². The van der Waals surface area contributed by atoms with E-state index in [9.17, 15) is 15.0 Å². The third kappa shape index (κ3) is 4.31. The van der Waals surface area contributed by atoms with Gasteiger partial charge in [0.25, 0.3) is 0 Å². The van der Waals surface area contributed by atoms with Crippen LogP contribution in [0.5, 0.6) is 11.5 Å². The molecule has 5 N–H and O–H groups in total. The highest BCUT2D eigenvalue weighted by Gasteiger charge is 2.34. The number of urea groups is 1. The van der Waals surface area contributed by atoms with Crippen LogP contribution in [0, 0.1) is 0 Å². The maximum absolute atomic E-state index is 11.7. The summed E-state index contributed by atoms with van der Waals surface area (Å²) < 4.78 is 10.2. The summed E-state index contributed by atoms with van der Waals surface area (Å²) in [5.74, 6) is 0.204. The van der Waals surface area contributed by atoms with Crippen LogP contribution in [0.1, 0.15) is 12.0 Å². The Labute approximate surface area is 132 Å². The van der Waals surface area contributed by atoms with Crippen molar-refractivity contribution in [1.29, 1.82) is 0 Å². The number of ether oxygens (including phenoxy) is 2. The number of carbonyl (C=O) groups is 1. The maximum Gasteiger partial charge on any atom is 0.337 e. The first-order valence-corrected chi connectivity index (χ1v) is 6.95. The monoisotopic (exact) mass is 325 g/mol. The number of methoxy groups -OCH3 is 1. The number of phenolic OH excluding ortho intramolecular Hbond substituents is 1. The van der Waals surface area contributed by atoms with Gasteiger partial charge in [0.05, 0.1) is 26.0 Å². The zero-order valence-corrected chi connectivity index (χ0v) is 12.5. The highest BCUT2D eigenvalue weighted by atomic mass is 16.5. The third-order valence-corrected chi connectivity index (χ3v) is 3.32. The van der Waals surface area contributed by atoms with Crippen molar-refractivity contribution < 1.29 is 29.6 Å². The van der Waals surface area contributed by atoms with Gasteiger partial charge in [0.1, 0.15) is 12.3 Å². The van der Waals surface area contributed by atoms with Gasteiger partial charge in [-0.25, -0.2) is 10.2 Å². The van der Waals surface area contributed by atoms with E-state index in [2.05, 4.69) is 15.8 Å². The lowest BCUT2D eigenvalue weighted by Gasteiger charge is -2.12. The SMILES string of the molecule is COc1cccc(/C=N/NC(=O)N[C@H]2C[C@H](O)[C@@H](CO)O2)c1O. The Kier molecular flexibility index (Phi) is 5.74. The molecule has 1 aromatic carbocycles. The molecule has 1 fully saturated rings. The van der Waals surface area contributed by atoms with Crippen molar-refractivity contribution in [2.45, 2.75) is 24.9 Å². The fraction of sp³-hybridized carbons (Fsp3) is 0.429. The van der Waals surface area contributed by atoms with E-state index in [1.807, 2.05) is 0 Å². The minimum atomic E-state index is -0.831. The summed E-state index contributed by atoms with van der Waals surface area (Å²) in [6, 6.07) is 4.22. The minimum absolute atomic E-state index is 0.0889. The number of nitrogens with zero attached hydrogens (tertiary/aromatic N) is 1. The number of nitrogens with one attached hydrogen (secondary N) is 2. The van der Waals surface area contributed by atoms with E-state index in [-0.39, 0.29) is 18.8 Å². The van der Waals surface area contributed by atoms with Crippen molar-refractivity contribution >= 4 is 12.2 Å². The average Bonchev–Trinajstić information content (AvgIpc) is 2.88. The summed E-state index contributed by atoms with van der Waals surface area (Å²) in [5.41, 5.74) is 2.59. The number of hydrogen-bond donors (Lipinski definition) is 5. The Bertz CT molecular complexity index is 580. The van der Waals surface area contributed by atoms with Crippen LogP contribution in [-0.4, -0.2) is 59.7 Å². The molecule has 0 aliphatic carbocycles. The molecule has 1 heterocycles. The quantitative estimate of drug-likeness (QED) is 0.366. The van der Waals surface area contributed by atoms with Crippen molar-refractivity contribution in [2.24, 2.45) is 5.10 Å². The fourth-order valence-electron chi connectivity index (χ4n) is 2.13. The molecular weight excluding hydrogens is 306 g/mol. The highest BCUT2D eigenvalue weighted by molar-refractivity contribution is 5.86. The first kappa shape index (κ1) is 17.0. The van der Waals surface area contributed by atoms with Crippen molar-refractivity contribution in [2.75, 3.05) is 13.7 Å². The molecule has 0 aromatic heterocycles. The smallest absolute Gasteiger partial charge is 0.337 e. The molecule has 1 aromatic rings. The van der Waals surface area contributed by atoms with E-state index in [0.29, 0.717) is 11.3 Å². The van der Waals surface area contributed by atoms with E-state index < -0.39 is 24.5 Å². The number of para-hydroxylation sites is 1. The van der Waals surface area contributed by atoms with Gasteiger partial charge in [-0.1, -0.05) is 6.07 Å². The summed E-state index contributed by atoms with van der Waals surface area (Å²) in [5, 5.41) is 34.5. The van der Waals surface area contributed by atoms with Crippen LogP contribution in [0.2, 0.25) is 0 Å². The Morgan fingerprint density at radius 2 is 2.35 bits per heavy atom. The largest absolute Gasteiger partial charge is 0.504 e. The number of phenols is 1. The van der Waals surface area contributed by atoms with E-state index in [1.165, 1.54) is 13.3 Å². The molecular formula is C14H19N3O6. The predicted octanol–water partition coefficient (Wildman–Crippen LogP) is -0.498. The first-order valence-electron chi connectivity index (χ1n) is 6.95. The normalized spacial score (nSPS) is 23.9. The molecule has 1 aliphatic heterocycles. The minimum Gasteiger partial charge on any atom is -0.504 e. The molecule has 9 nitrogen and oxygen atoms in total. The number of aliphatic hydroxyl groups is 2. The van der Waals surface area contributed by atoms with Crippen LogP contribution < -0.4 is 15.5 Å². The van der Waals surface area contributed by atoms with Crippen molar-refractivity contribution in [3.63, 3.8) is 0 Å². The molecule has 9 heteroatoms. The second-order valence-corrected chi connectivity index (χ2v) is 4.89. The molecule has 0 unspecified atom stereocenters. The topological polar surface area (TPSA) is 133 Å². The zero-order chi connectivity index (χ0) is 16.8. The lowest BCUT2D eigenvalue weighted by Crippen LogP contribution is -2.40. The van der Waals surface area contributed by atoms with Gasteiger partial charge in [0, 0.05) is 12.0 Å². The van der Waals surface area contributed by atoms with Gasteiger partial charge in [-0.15, -0.1) is 0 Å². The van der Waals surface area contributed by atoms with E-state index >= 15 is 0 Å². The predicted molar refractivity (Wildman–Crippen MR) is 80.3 cm³/mol. The molecule has 1 saturated heterocycles. The van der Waals surface area contributed by atoms with Gasteiger partial charge >= 0.3 is 6.03 Å². The van der Waals surface area contributed by atoms with Crippen LogP contribution >= 0.6 is 0 Å². The van der Waals surface area contributed by atoms with Gasteiger partial charge in [-0.2, -0.15) is 5.10 Å². The standard InChI is InChI=1S/C14H19N3O6/c1-22-10-4-2-3-8(13(10)20)6-15-17-14(21)16-12-5-9(19)11(7-18)23-12/h2-4,6,9,11-12,18-20H,5,7H2,1H3,(H2,16,17,21)/b15-6+/t9-,11+,12+/m0/s1. The van der Waals surface area contributed by atoms with E-state index in [0.717, 1.165) is 0 Å². The molecule has 0 bridgehead atoms. The molecule has 1 aliphatic rings. The van der Waals surface area contributed by atoms with Crippen LogP contribution in [0.25, 0.3) is 0 Å². The van der Waals surface area contributed by atoms with E-state index in [4.69, 9.17) is 14.6 Å². The first-order chi connectivity index (χ1) is 11.0. The summed E-state index contributed by atoms with van der Waals surface area (Å²) in [7, 11) is 1.43. The molecule has 126 valence electrons. The zero-order valence-electron chi connectivity index (χ0n) is 12.5. The summed E-state index contributed by atoms with van der Waals surface area (Å²) >= 11 is 0. The number of amides is 2. The highest BCUT2D eigenvalue weighted by Crippen LogP contribution is 2.27. The van der Waals surface area contributed by atoms with Gasteiger partial charge in [0.15, 0.2) is 11.5 Å². The lowest BCUT2D eigenvalue weighted by atomic mass is 10.2. The number of hydrogen-bond acceptors (Lipinski definition) is 7. The van der Waals surface area contributed by atoms with Crippen LogP contribution in [0.4, 0.5) is 4.79 Å². The summed E-state index contributed by atoms with van der Waals surface area (Å²) in [6.07, 6.45) is -0.806. The third-order valence-electron chi connectivity index (χ3n) is 3.32. The molecule has 23 heavy (non-hydrogen) atoms. The number of aliphatic hydroxyl groups excluding tert-OH is 2. The second-order valence-electron chi connectivity index (χ2n) is 4.89. The van der Waals surface area contributed by atoms with E-state index in [1.54, 1.807) is 18.2 Å². The van der Waals surface area contributed by atoms with Crippen molar-refractivity contribution in [3.05, 3.63) is 23.8 Å². The Hall–Kier alpha value is -2.36. The number of benzene rings is 1. The van der Waals surface area contributed by atoms with Crippen LogP contribution in [0.3, 0.4) is 0 Å². The number of rotatable bonds is 5. The molecule has 0 radical (unpaired) electrons. The molecule has 2 rings (SSSR count). The van der Waals surface area contributed by atoms with Gasteiger partial charge < -0.3 is 30.1 Å². The molecule has 0 saturated carbocycles. The fourth-order valence-corrected chi connectivity index (χ4v) is 2.13. The Morgan fingerprint density at radius 3 is 3.00 bits per heavy atom. The maximum atomic E-state index is 11.7. The van der Waals surface area contributed by atoms with Gasteiger partial charge in [-0.3, -0.25) is 0 Å². The lowest BCUT2D eigenvalue weighted by molar-refractivity contribution is -0.0272. The van der Waals surface area contributed by atoms with Crippen LogP contribution in [-0.2, 0) is 4.74 Å². The second kappa shape index (κ2) is 7.77.